The second kappa shape index (κ2) is 8.85. The number of carbonyl (C=O) groups excluding carboxylic acids is 2. The number of likely N-dealkylation sites (tertiary alicyclic amines) is 1. The molecule has 1 aromatic carbocycles. The van der Waals surface area contributed by atoms with Gasteiger partial charge in [0.15, 0.2) is 0 Å². The number of benzene rings is 1. The number of aliphatic carboxylic acids is 1. The van der Waals surface area contributed by atoms with E-state index in [9.17, 15) is 24.6 Å². The van der Waals surface area contributed by atoms with Crippen molar-refractivity contribution in [2.24, 2.45) is 11.8 Å². The highest BCUT2D eigenvalue weighted by Crippen LogP contribution is 2.61. The van der Waals surface area contributed by atoms with Gasteiger partial charge in [-0.2, -0.15) is 0 Å². The lowest BCUT2D eigenvalue weighted by atomic mass is 9.70. The number of hydrogen-bond acceptors (Lipinski definition) is 5. The van der Waals surface area contributed by atoms with Gasteiger partial charge in [0.1, 0.15) is 11.6 Å². The molecule has 0 aromatic heterocycles. The number of ether oxygens (including phenoxy) is 1. The van der Waals surface area contributed by atoms with Gasteiger partial charge in [0.2, 0.25) is 11.8 Å². The van der Waals surface area contributed by atoms with E-state index >= 15 is 0 Å². The fourth-order valence-corrected chi connectivity index (χ4v) is 6.79. The van der Waals surface area contributed by atoms with E-state index in [1.807, 2.05) is 19.9 Å². The number of carboxylic acids is 1. The highest BCUT2D eigenvalue weighted by molar-refractivity contribution is 9.09. The molecule has 3 aliphatic heterocycles. The van der Waals surface area contributed by atoms with Crippen LogP contribution in [0.4, 0.5) is 0 Å². The second-order valence-electron chi connectivity index (χ2n) is 9.23. The van der Waals surface area contributed by atoms with Crippen LogP contribution in [0.25, 0.3) is 0 Å². The van der Waals surface area contributed by atoms with Gasteiger partial charge in [-0.05, 0) is 25.8 Å². The smallest absolute Gasteiger partial charge is 0.310 e. The van der Waals surface area contributed by atoms with Crippen LogP contribution in [0.3, 0.4) is 0 Å². The summed E-state index contributed by atoms with van der Waals surface area (Å²) in [4.78, 5) is 42.9. The molecule has 0 saturated carbocycles. The first-order chi connectivity index (χ1) is 15.7. The molecule has 33 heavy (non-hydrogen) atoms. The number of halogens is 1. The van der Waals surface area contributed by atoms with Crippen molar-refractivity contribution in [3.8, 4) is 0 Å². The van der Waals surface area contributed by atoms with Gasteiger partial charge in [-0.1, -0.05) is 52.3 Å². The number of hydrogen-bond donors (Lipinski definition) is 2. The summed E-state index contributed by atoms with van der Waals surface area (Å²) in [7, 11) is 0. The molecule has 2 N–H and O–H groups in total. The summed E-state index contributed by atoms with van der Waals surface area (Å²) >= 11 is 3.54. The molecule has 2 amide bonds. The van der Waals surface area contributed by atoms with Crippen LogP contribution < -0.4 is 0 Å². The van der Waals surface area contributed by atoms with Crippen molar-refractivity contribution in [3.05, 3.63) is 48.6 Å². The Hall–Kier alpha value is -2.23. The van der Waals surface area contributed by atoms with Crippen molar-refractivity contribution in [1.82, 2.24) is 9.80 Å². The molecule has 1 unspecified atom stereocenters. The molecular weight excluding hydrogens is 492 g/mol. The van der Waals surface area contributed by atoms with Crippen molar-refractivity contribution < 1.29 is 29.3 Å². The number of amides is 2. The highest BCUT2D eigenvalue weighted by atomic mass is 79.9. The normalized spacial score (nSPS) is 33.3. The van der Waals surface area contributed by atoms with E-state index in [2.05, 4.69) is 22.5 Å². The lowest BCUT2D eigenvalue weighted by Gasteiger charge is -2.40. The Bertz CT molecular complexity index is 956. The van der Waals surface area contributed by atoms with Crippen LogP contribution in [0.5, 0.6) is 0 Å². The van der Waals surface area contributed by atoms with Gasteiger partial charge >= 0.3 is 5.97 Å². The standard InChI is InChI=1S/C24H29BrN2O6/c1-4-10-26(13(2)3)22(30)20-24-11-15(25)19(33-24)17(23(31)32)18(24)21(29)27(20)16(12-28)14-8-6-5-7-9-14/h4-9,13,15-20,28H,1,10-12H2,2-3H3,(H,31,32)/t15?,16-,17+,18-,19+,20+,24-/m1/s1. The van der Waals surface area contributed by atoms with E-state index in [0.717, 1.165) is 0 Å². The summed E-state index contributed by atoms with van der Waals surface area (Å²) in [5.41, 5.74) is -0.619. The third kappa shape index (κ3) is 3.52. The minimum atomic E-state index is -1.29. The highest BCUT2D eigenvalue weighted by Gasteiger charge is 2.77. The van der Waals surface area contributed by atoms with Gasteiger partial charge in [0, 0.05) is 17.4 Å². The number of rotatable bonds is 8. The fraction of sp³-hybridized carbons (Fsp3) is 0.542. The predicted molar refractivity (Wildman–Crippen MR) is 124 cm³/mol. The maximum Gasteiger partial charge on any atom is 0.310 e. The Balaban J connectivity index is 1.88. The van der Waals surface area contributed by atoms with E-state index in [4.69, 9.17) is 4.74 Å². The third-order valence-corrected chi connectivity index (χ3v) is 8.02. The molecule has 1 spiro atoms. The molecular formula is C24H29BrN2O6. The molecule has 2 bridgehead atoms. The Morgan fingerprint density at radius 1 is 1.36 bits per heavy atom. The summed E-state index contributed by atoms with van der Waals surface area (Å²) in [5.74, 6) is -3.99. The largest absolute Gasteiger partial charge is 0.481 e. The molecule has 3 aliphatic rings. The number of aliphatic hydroxyl groups excluding tert-OH is 1. The van der Waals surface area contributed by atoms with E-state index in [1.165, 1.54) is 4.90 Å². The number of fused-ring (bicyclic) bond motifs is 1. The number of aliphatic hydroxyl groups is 1. The van der Waals surface area contributed by atoms with Gasteiger partial charge in [0.25, 0.3) is 0 Å². The van der Waals surface area contributed by atoms with Crippen molar-refractivity contribution in [2.75, 3.05) is 13.2 Å². The predicted octanol–water partition coefficient (Wildman–Crippen LogP) is 1.98. The van der Waals surface area contributed by atoms with Crippen LogP contribution in [0.15, 0.2) is 43.0 Å². The summed E-state index contributed by atoms with van der Waals surface area (Å²) in [6.07, 6.45) is 1.25. The summed E-state index contributed by atoms with van der Waals surface area (Å²) < 4.78 is 6.30. The Kier molecular flexibility index (Phi) is 6.41. The van der Waals surface area contributed by atoms with Gasteiger partial charge in [0.05, 0.1) is 30.6 Å². The summed E-state index contributed by atoms with van der Waals surface area (Å²) in [6, 6.07) is 6.93. The van der Waals surface area contributed by atoms with Crippen LogP contribution in [0, 0.1) is 11.8 Å². The van der Waals surface area contributed by atoms with Crippen LogP contribution >= 0.6 is 15.9 Å². The molecule has 3 fully saturated rings. The number of nitrogens with zero attached hydrogens (tertiary/aromatic N) is 2. The van der Waals surface area contributed by atoms with Crippen LogP contribution in [0.1, 0.15) is 31.9 Å². The maximum absolute atomic E-state index is 14.1. The van der Waals surface area contributed by atoms with Crippen LogP contribution in [-0.2, 0) is 19.1 Å². The molecule has 4 rings (SSSR count). The molecule has 1 aromatic rings. The van der Waals surface area contributed by atoms with Crippen LogP contribution in [-0.4, -0.2) is 79.6 Å². The van der Waals surface area contributed by atoms with Gasteiger partial charge < -0.3 is 24.7 Å². The topological polar surface area (TPSA) is 107 Å². The molecule has 8 nitrogen and oxygen atoms in total. The Morgan fingerprint density at radius 2 is 2.03 bits per heavy atom. The Labute approximate surface area is 201 Å². The van der Waals surface area contributed by atoms with Gasteiger partial charge in [-0.25, -0.2) is 0 Å². The molecule has 9 heteroatoms. The molecule has 0 radical (unpaired) electrons. The Morgan fingerprint density at radius 3 is 2.58 bits per heavy atom. The molecule has 3 saturated heterocycles. The quantitative estimate of drug-likeness (QED) is 0.400. The SMILES string of the molecule is C=CCN(C(=O)[C@@H]1N([C@H](CO)c2ccccc2)C(=O)[C@H]2[C@H](C(=O)O)[C@H]3O[C@@]12CC3Br)C(C)C. The minimum absolute atomic E-state index is 0.180. The van der Waals surface area contributed by atoms with E-state index in [1.54, 1.807) is 35.2 Å². The summed E-state index contributed by atoms with van der Waals surface area (Å²) in [6.45, 7) is 7.36. The first kappa shape index (κ1) is 23.9. The van der Waals surface area contributed by atoms with Crippen molar-refractivity contribution in [2.45, 2.75) is 54.9 Å². The van der Waals surface area contributed by atoms with Crippen molar-refractivity contribution in [1.29, 1.82) is 0 Å². The maximum atomic E-state index is 14.1. The van der Waals surface area contributed by atoms with Gasteiger partial charge in [-0.3, -0.25) is 14.4 Å². The van der Waals surface area contributed by atoms with E-state index < -0.39 is 54.1 Å². The van der Waals surface area contributed by atoms with E-state index in [-0.39, 0.29) is 23.3 Å². The number of carboxylic acid groups (broad SMARTS) is 1. The van der Waals surface area contributed by atoms with Crippen LogP contribution in [0.2, 0.25) is 0 Å². The average molecular weight is 521 g/mol. The second-order valence-corrected chi connectivity index (χ2v) is 10.4. The molecule has 3 heterocycles. The van der Waals surface area contributed by atoms with Crippen molar-refractivity contribution in [3.63, 3.8) is 0 Å². The number of carbonyl (C=O) groups is 3. The molecule has 7 atom stereocenters. The average Bonchev–Trinajstić information content (AvgIpc) is 3.37. The zero-order valence-electron chi connectivity index (χ0n) is 18.6. The zero-order chi connectivity index (χ0) is 24.1. The van der Waals surface area contributed by atoms with Crippen molar-refractivity contribution >= 4 is 33.7 Å². The lowest BCUT2D eigenvalue weighted by Crippen LogP contribution is -2.58. The fourth-order valence-electron chi connectivity index (χ4n) is 5.85. The first-order valence-electron chi connectivity index (χ1n) is 11.1. The van der Waals surface area contributed by atoms with Gasteiger partial charge in [-0.15, -0.1) is 6.58 Å². The lowest BCUT2D eigenvalue weighted by molar-refractivity contribution is -0.154. The third-order valence-electron chi connectivity index (χ3n) is 7.17. The monoisotopic (exact) mass is 520 g/mol. The summed E-state index contributed by atoms with van der Waals surface area (Å²) in [5, 5.41) is 20.4. The molecule has 178 valence electrons. The van der Waals surface area contributed by atoms with E-state index in [0.29, 0.717) is 12.0 Å². The molecule has 0 aliphatic carbocycles. The first-order valence-corrected chi connectivity index (χ1v) is 12.0. The zero-order valence-corrected chi connectivity index (χ0v) is 20.2. The number of alkyl halides is 1. The minimum Gasteiger partial charge on any atom is -0.481 e.